The molecule has 0 bridgehead atoms. The second kappa shape index (κ2) is 11.4. The zero-order chi connectivity index (χ0) is 23.7. The Labute approximate surface area is 190 Å². The number of hydrogen-bond acceptors (Lipinski definition) is 6. The molecule has 2 aromatic rings. The highest BCUT2D eigenvalue weighted by Crippen LogP contribution is 2.28. The van der Waals surface area contributed by atoms with Crippen LogP contribution in [-0.2, 0) is 14.3 Å². The number of hydrogen-bond donors (Lipinski definition) is 3. The lowest BCUT2D eigenvalue weighted by Gasteiger charge is -2.20. The van der Waals surface area contributed by atoms with Crippen LogP contribution in [0.4, 0.5) is 26.2 Å². The predicted octanol–water partition coefficient (Wildman–Crippen LogP) is 4.49. The van der Waals surface area contributed by atoms with E-state index in [0.29, 0.717) is 22.8 Å². The second-order valence-electron chi connectivity index (χ2n) is 7.64. The number of halogens is 1. The summed E-state index contributed by atoms with van der Waals surface area (Å²) < 4.78 is 23.4. The lowest BCUT2D eigenvalue weighted by Crippen LogP contribution is -2.27. The summed E-state index contributed by atoms with van der Waals surface area (Å²) in [6.07, 6.45) is -0.651. The molecule has 0 spiro atoms. The predicted molar refractivity (Wildman–Crippen MR) is 124 cm³/mol. The quantitative estimate of drug-likeness (QED) is 0.533. The average Bonchev–Trinajstić information content (AvgIpc) is 2.68. The first-order valence-electron chi connectivity index (χ1n) is 9.67. The number of nitrogens with one attached hydrogen (secondary N) is 3. The molecule has 0 aliphatic heterocycles. The van der Waals surface area contributed by atoms with E-state index in [9.17, 15) is 18.8 Å². The summed E-state index contributed by atoms with van der Waals surface area (Å²) in [6.45, 7) is 5.24. The van der Waals surface area contributed by atoms with Crippen LogP contribution in [0.15, 0.2) is 42.5 Å². The third-order valence-corrected chi connectivity index (χ3v) is 4.65. The Morgan fingerprint density at radius 3 is 2.03 bits per heavy atom. The van der Waals surface area contributed by atoms with Crippen molar-refractivity contribution in [2.24, 2.45) is 0 Å². The fourth-order valence-electron chi connectivity index (χ4n) is 2.46. The van der Waals surface area contributed by atoms with E-state index < -0.39 is 17.5 Å². The Morgan fingerprint density at radius 1 is 0.906 bits per heavy atom. The summed E-state index contributed by atoms with van der Waals surface area (Å²) >= 11 is 1.13. The number of thioether (sulfide) groups is 1. The van der Waals surface area contributed by atoms with Crippen molar-refractivity contribution in [3.63, 3.8) is 0 Å². The number of carbonyl (C=O) groups is 3. The smallest absolute Gasteiger partial charge is 0.412 e. The lowest BCUT2D eigenvalue weighted by atomic mass is 10.2. The van der Waals surface area contributed by atoms with Gasteiger partial charge in [-0.2, -0.15) is 0 Å². The van der Waals surface area contributed by atoms with Gasteiger partial charge in [-0.3, -0.25) is 14.9 Å². The fraction of sp³-hybridized carbons (Fsp3) is 0.318. The van der Waals surface area contributed by atoms with E-state index in [2.05, 4.69) is 16.0 Å². The summed E-state index contributed by atoms with van der Waals surface area (Å²) in [4.78, 5) is 36.2. The van der Waals surface area contributed by atoms with Gasteiger partial charge < -0.3 is 20.1 Å². The molecule has 0 aromatic heterocycles. The Hall–Kier alpha value is -3.27. The fourth-order valence-corrected chi connectivity index (χ4v) is 3.08. The SMILES string of the molecule is COc1ccc(NC(=O)CSCC(=O)Nc2ccc(F)cc2)cc1NC(=O)OC(C)(C)C. The molecule has 172 valence electrons. The molecular formula is C22H26FN3O5S. The molecule has 32 heavy (non-hydrogen) atoms. The number of anilines is 3. The Kier molecular flexibility index (Phi) is 8.89. The van der Waals surface area contributed by atoms with Crippen LogP contribution in [0.5, 0.6) is 5.75 Å². The maximum absolute atomic E-state index is 12.9. The van der Waals surface area contributed by atoms with Crippen molar-refractivity contribution >= 4 is 46.7 Å². The molecule has 10 heteroatoms. The first kappa shape index (κ1) is 25.0. The zero-order valence-corrected chi connectivity index (χ0v) is 19.1. The van der Waals surface area contributed by atoms with Crippen LogP contribution in [0.3, 0.4) is 0 Å². The van der Waals surface area contributed by atoms with Crippen LogP contribution in [0.1, 0.15) is 20.8 Å². The maximum atomic E-state index is 12.9. The molecule has 0 aliphatic rings. The molecule has 0 fully saturated rings. The average molecular weight is 464 g/mol. The molecule has 0 unspecified atom stereocenters. The molecule has 3 N–H and O–H groups in total. The minimum absolute atomic E-state index is 0.0394. The van der Waals surface area contributed by atoms with E-state index in [4.69, 9.17) is 9.47 Å². The molecule has 0 aliphatic carbocycles. The van der Waals surface area contributed by atoms with E-state index >= 15 is 0 Å². The van der Waals surface area contributed by atoms with Gasteiger partial charge in [-0.25, -0.2) is 9.18 Å². The molecule has 2 aromatic carbocycles. The normalized spacial score (nSPS) is 10.8. The highest BCUT2D eigenvalue weighted by molar-refractivity contribution is 8.00. The van der Waals surface area contributed by atoms with E-state index in [-0.39, 0.29) is 23.3 Å². The van der Waals surface area contributed by atoms with Gasteiger partial charge in [-0.05, 0) is 63.2 Å². The molecule has 0 heterocycles. The zero-order valence-electron chi connectivity index (χ0n) is 18.3. The Balaban J connectivity index is 1.85. The number of benzene rings is 2. The second-order valence-corrected chi connectivity index (χ2v) is 8.62. The van der Waals surface area contributed by atoms with E-state index in [1.54, 1.807) is 39.0 Å². The number of carbonyl (C=O) groups excluding carboxylic acids is 3. The van der Waals surface area contributed by atoms with Crippen molar-refractivity contribution in [1.82, 2.24) is 0 Å². The summed E-state index contributed by atoms with van der Waals surface area (Å²) in [5.74, 6) is -0.519. The largest absolute Gasteiger partial charge is 0.495 e. The van der Waals surface area contributed by atoms with Gasteiger partial charge in [0, 0.05) is 11.4 Å². The van der Waals surface area contributed by atoms with Crippen molar-refractivity contribution in [2.75, 3.05) is 34.6 Å². The molecule has 0 radical (unpaired) electrons. The van der Waals surface area contributed by atoms with E-state index in [0.717, 1.165) is 11.8 Å². The Morgan fingerprint density at radius 2 is 1.47 bits per heavy atom. The van der Waals surface area contributed by atoms with E-state index in [1.807, 2.05) is 0 Å². The van der Waals surface area contributed by atoms with E-state index in [1.165, 1.54) is 31.4 Å². The lowest BCUT2D eigenvalue weighted by molar-refractivity contribution is -0.114. The molecular weight excluding hydrogens is 437 g/mol. The van der Waals surface area contributed by atoms with Crippen molar-refractivity contribution in [3.05, 3.63) is 48.3 Å². The number of rotatable bonds is 8. The standard InChI is InChI=1S/C22H26FN3O5S/c1-22(2,3)31-21(29)26-17-11-16(9-10-18(17)30-4)25-20(28)13-32-12-19(27)24-15-7-5-14(23)6-8-15/h5-11H,12-13H2,1-4H3,(H,24,27)(H,25,28)(H,26,29). The monoisotopic (exact) mass is 463 g/mol. The molecule has 3 amide bonds. The number of amides is 3. The van der Waals surface area contributed by atoms with Crippen LogP contribution in [0.2, 0.25) is 0 Å². The molecule has 0 saturated heterocycles. The van der Waals surface area contributed by atoms with Gasteiger partial charge >= 0.3 is 6.09 Å². The summed E-state index contributed by atoms with van der Waals surface area (Å²) in [6, 6.07) is 10.2. The van der Waals surface area contributed by atoms with Crippen LogP contribution < -0.4 is 20.7 Å². The molecule has 0 saturated carbocycles. The number of ether oxygens (including phenoxy) is 2. The van der Waals surface area contributed by atoms with Gasteiger partial charge in [-0.1, -0.05) is 0 Å². The maximum Gasteiger partial charge on any atom is 0.412 e. The summed E-state index contributed by atoms with van der Waals surface area (Å²) in [7, 11) is 1.46. The third kappa shape index (κ3) is 8.84. The van der Waals surface area contributed by atoms with Gasteiger partial charge in [0.1, 0.15) is 17.2 Å². The van der Waals surface area contributed by atoms with Crippen LogP contribution in [-0.4, -0.2) is 42.1 Å². The molecule has 8 nitrogen and oxygen atoms in total. The highest BCUT2D eigenvalue weighted by atomic mass is 32.2. The van der Waals surface area contributed by atoms with Crippen LogP contribution >= 0.6 is 11.8 Å². The molecule has 0 atom stereocenters. The van der Waals surface area contributed by atoms with Crippen LogP contribution in [0.25, 0.3) is 0 Å². The van der Waals surface area contributed by atoms with Crippen molar-refractivity contribution in [3.8, 4) is 5.75 Å². The highest BCUT2D eigenvalue weighted by Gasteiger charge is 2.18. The Bertz CT molecular complexity index is 961. The van der Waals surface area contributed by atoms with Gasteiger partial charge in [-0.15, -0.1) is 11.8 Å². The molecule has 2 rings (SSSR count). The minimum Gasteiger partial charge on any atom is -0.495 e. The van der Waals surface area contributed by atoms with Gasteiger partial charge in [0.2, 0.25) is 11.8 Å². The van der Waals surface area contributed by atoms with Crippen molar-refractivity contribution in [1.29, 1.82) is 0 Å². The minimum atomic E-state index is -0.663. The first-order chi connectivity index (χ1) is 15.1. The van der Waals surface area contributed by atoms with Crippen LogP contribution in [0, 0.1) is 5.82 Å². The summed E-state index contributed by atoms with van der Waals surface area (Å²) in [5.41, 5.74) is 0.595. The first-order valence-corrected chi connectivity index (χ1v) is 10.8. The van der Waals surface area contributed by atoms with Gasteiger partial charge in [0.15, 0.2) is 0 Å². The van der Waals surface area contributed by atoms with Gasteiger partial charge in [0.25, 0.3) is 0 Å². The van der Waals surface area contributed by atoms with Crippen molar-refractivity contribution in [2.45, 2.75) is 26.4 Å². The van der Waals surface area contributed by atoms with Crippen molar-refractivity contribution < 1.29 is 28.2 Å². The third-order valence-electron chi connectivity index (χ3n) is 3.71. The summed E-state index contributed by atoms with van der Waals surface area (Å²) in [5, 5.41) is 7.92. The number of methoxy groups -OCH3 is 1. The topological polar surface area (TPSA) is 106 Å². The van der Waals surface area contributed by atoms with Gasteiger partial charge in [0.05, 0.1) is 24.3 Å².